The molecule has 0 saturated carbocycles. The van der Waals surface area contributed by atoms with E-state index in [2.05, 4.69) is 21.2 Å². The molecule has 0 aromatic heterocycles. The summed E-state index contributed by atoms with van der Waals surface area (Å²) in [6.07, 6.45) is 0. The van der Waals surface area contributed by atoms with Gasteiger partial charge in [-0.3, -0.25) is 4.79 Å². The Bertz CT molecular complexity index is 599. The molecule has 0 unspecified atom stereocenters. The second-order valence-electron chi connectivity index (χ2n) is 4.40. The normalized spacial score (nSPS) is 10.1. The molecule has 0 radical (unpaired) electrons. The van der Waals surface area contributed by atoms with E-state index in [-0.39, 0.29) is 5.91 Å². The van der Waals surface area contributed by atoms with Gasteiger partial charge in [0.05, 0.1) is 11.0 Å². The van der Waals surface area contributed by atoms with E-state index < -0.39 is 0 Å². The highest BCUT2D eigenvalue weighted by Gasteiger charge is 2.05. The molecule has 2 aromatic carbocycles. The van der Waals surface area contributed by atoms with Crippen molar-refractivity contribution in [1.82, 2.24) is 5.32 Å². The maximum Gasteiger partial charge on any atom is 0.251 e. The molecule has 0 aliphatic heterocycles. The van der Waals surface area contributed by atoms with Crippen molar-refractivity contribution < 1.29 is 9.53 Å². The van der Waals surface area contributed by atoms with Crippen molar-refractivity contribution in [2.24, 2.45) is 0 Å². The highest BCUT2D eigenvalue weighted by Crippen LogP contribution is 2.23. The number of hydrogen-bond donors (Lipinski definition) is 1. The molecule has 0 atom stereocenters. The van der Waals surface area contributed by atoms with E-state index in [0.717, 1.165) is 15.8 Å². The molecule has 1 amide bonds. The van der Waals surface area contributed by atoms with Crippen LogP contribution in [0.2, 0.25) is 0 Å². The van der Waals surface area contributed by atoms with Gasteiger partial charge in [0.2, 0.25) is 0 Å². The van der Waals surface area contributed by atoms with Crippen LogP contribution < -0.4 is 10.1 Å². The molecule has 3 nitrogen and oxygen atoms in total. The molecule has 0 bridgehead atoms. The molecule has 0 fully saturated rings. The summed E-state index contributed by atoms with van der Waals surface area (Å²) in [6.45, 7) is 2.86. The Morgan fingerprint density at radius 1 is 1.20 bits per heavy atom. The number of halogens is 1. The molecular formula is C16H16BrNO2. The minimum atomic E-state index is -0.0792. The standard InChI is InChI=1S/C16H16BrNO2/c1-12-5-4-6-13(11-12)16(19)18-9-10-20-15-8-3-2-7-14(15)17/h2-8,11H,9-10H2,1H3,(H,18,19). The predicted molar refractivity (Wildman–Crippen MR) is 83.1 cm³/mol. The second kappa shape index (κ2) is 7.10. The molecule has 2 aromatic rings. The summed E-state index contributed by atoms with van der Waals surface area (Å²) in [5.41, 5.74) is 1.74. The quantitative estimate of drug-likeness (QED) is 0.849. The van der Waals surface area contributed by atoms with Gasteiger partial charge in [-0.25, -0.2) is 0 Å². The number of hydrogen-bond acceptors (Lipinski definition) is 2. The number of rotatable bonds is 5. The lowest BCUT2D eigenvalue weighted by atomic mass is 10.1. The van der Waals surface area contributed by atoms with Crippen LogP contribution in [0.3, 0.4) is 0 Å². The molecule has 0 heterocycles. The van der Waals surface area contributed by atoms with E-state index in [0.29, 0.717) is 18.7 Å². The Labute approximate surface area is 127 Å². The number of ether oxygens (including phenoxy) is 1. The minimum Gasteiger partial charge on any atom is -0.491 e. The van der Waals surface area contributed by atoms with Crippen LogP contribution >= 0.6 is 15.9 Å². The first kappa shape index (κ1) is 14.6. The number of amides is 1. The topological polar surface area (TPSA) is 38.3 Å². The number of para-hydroxylation sites is 1. The van der Waals surface area contributed by atoms with E-state index in [1.54, 1.807) is 6.07 Å². The Morgan fingerprint density at radius 3 is 2.75 bits per heavy atom. The Hall–Kier alpha value is -1.81. The van der Waals surface area contributed by atoms with Gasteiger partial charge in [-0.1, -0.05) is 29.8 Å². The smallest absolute Gasteiger partial charge is 0.251 e. The van der Waals surface area contributed by atoms with Crippen molar-refractivity contribution in [2.45, 2.75) is 6.92 Å². The minimum absolute atomic E-state index is 0.0792. The lowest BCUT2D eigenvalue weighted by Gasteiger charge is -2.09. The first-order valence-electron chi connectivity index (χ1n) is 6.39. The first-order valence-corrected chi connectivity index (χ1v) is 7.18. The van der Waals surface area contributed by atoms with Crippen LogP contribution in [0.4, 0.5) is 0 Å². The van der Waals surface area contributed by atoms with Gasteiger partial charge in [-0.2, -0.15) is 0 Å². The predicted octanol–water partition coefficient (Wildman–Crippen LogP) is 3.57. The summed E-state index contributed by atoms with van der Waals surface area (Å²) in [7, 11) is 0. The van der Waals surface area contributed by atoms with Gasteiger partial charge in [-0.05, 0) is 47.1 Å². The third kappa shape index (κ3) is 4.10. The van der Waals surface area contributed by atoms with Gasteiger partial charge < -0.3 is 10.1 Å². The molecule has 0 aliphatic carbocycles. The van der Waals surface area contributed by atoms with Crippen molar-refractivity contribution in [2.75, 3.05) is 13.2 Å². The van der Waals surface area contributed by atoms with Gasteiger partial charge in [0.1, 0.15) is 12.4 Å². The van der Waals surface area contributed by atoms with E-state index in [1.807, 2.05) is 49.4 Å². The van der Waals surface area contributed by atoms with Crippen molar-refractivity contribution in [3.63, 3.8) is 0 Å². The summed E-state index contributed by atoms with van der Waals surface area (Å²) < 4.78 is 6.49. The second-order valence-corrected chi connectivity index (χ2v) is 5.26. The number of benzene rings is 2. The summed E-state index contributed by atoms with van der Waals surface area (Å²) >= 11 is 3.41. The fraction of sp³-hybridized carbons (Fsp3) is 0.188. The fourth-order valence-corrected chi connectivity index (χ4v) is 2.17. The summed E-state index contributed by atoms with van der Waals surface area (Å²) in [5.74, 6) is 0.696. The molecular weight excluding hydrogens is 318 g/mol. The lowest BCUT2D eigenvalue weighted by Crippen LogP contribution is -2.28. The molecule has 2 rings (SSSR count). The largest absolute Gasteiger partial charge is 0.491 e. The average Bonchev–Trinajstić information content (AvgIpc) is 2.45. The summed E-state index contributed by atoms with van der Waals surface area (Å²) in [6, 6.07) is 15.1. The maximum atomic E-state index is 11.9. The van der Waals surface area contributed by atoms with Crippen LogP contribution in [0.15, 0.2) is 53.0 Å². The third-order valence-corrected chi connectivity index (χ3v) is 3.42. The maximum absolute atomic E-state index is 11.9. The van der Waals surface area contributed by atoms with Crippen molar-refractivity contribution >= 4 is 21.8 Å². The lowest BCUT2D eigenvalue weighted by molar-refractivity contribution is 0.0947. The van der Waals surface area contributed by atoms with Crippen molar-refractivity contribution in [3.8, 4) is 5.75 Å². The molecule has 20 heavy (non-hydrogen) atoms. The summed E-state index contributed by atoms with van der Waals surface area (Å²) in [5, 5.41) is 2.84. The number of carbonyl (C=O) groups is 1. The molecule has 0 spiro atoms. The van der Waals surface area contributed by atoms with Gasteiger partial charge in [-0.15, -0.1) is 0 Å². The van der Waals surface area contributed by atoms with E-state index in [4.69, 9.17) is 4.74 Å². The number of carbonyl (C=O) groups excluding carboxylic acids is 1. The molecule has 0 saturated heterocycles. The van der Waals surface area contributed by atoms with E-state index in [9.17, 15) is 4.79 Å². The first-order chi connectivity index (χ1) is 9.66. The third-order valence-electron chi connectivity index (χ3n) is 2.76. The fourth-order valence-electron chi connectivity index (χ4n) is 1.78. The highest BCUT2D eigenvalue weighted by atomic mass is 79.9. The van der Waals surface area contributed by atoms with Gasteiger partial charge >= 0.3 is 0 Å². The Morgan fingerprint density at radius 2 is 2.00 bits per heavy atom. The van der Waals surface area contributed by atoms with Crippen LogP contribution in [0.5, 0.6) is 5.75 Å². The SMILES string of the molecule is Cc1cccc(C(=O)NCCOc2ccccc2Br)c1. The summed E-state index contributed by atoms with van der Waals surface area (Å²) in [4.78, 5) is 11.9. The molecule has 104 valence electrons. The van der Waals surface area contributed by atoms with Crippen LogP contribution in [0.25, 0.3) is 0 Å². The number of aryl methyl sites for hydroxylation is 1. The Balaban J connectivity index is 1.79. The average molecular weight is 334 g/mol. The number of nitrogens with one attached hydrogen (secondary N) is 1. The van der Waals surface area contributed by atoms with Crippen molar-refractivity contribution in [3.05, 3.63) is 64.1 Å². The zero-order valence-electron chi connectivity index (χ0n) is 11.2. The van der Waals surface area contributed by atoms with Gasteiger partial charge in [0.15, 0.2) is 0 Å². The zero-order chi connectivity index (χ0) is 14.4. The van der Waals surface area contributed by atoms with Crippen LogP contribution in [-0.2, 0) is 0 Å². The van der Waals surface area contributed by atoms with Gasteiger partial charge in [0.25, 0.3) is 5.91 Å². The molecule has 0 aliphatic rings. The van der Waals surface area contributed by atoms with E-state index >= 15 is 0 Å². The zero-order valence-corrected chi connectivity index (χ0v) is 12.8. The van der Waals surface area contributed by atoms with Crippen LogP contribution in [0, 0.1) is 6.92 Å². The molecule has 1 N–H and O–H groups in total. The highest BCUT2D eigenvalue weighted by molar-refractivity contribution is 9.10. The molecule has 4 heteroatoms. The monoisotopic (exact) mass is 333 g/mol. The van der Waals surface area contributed by atoms with Crippen molar-refractivity contribution in [1.29, 1.82) is 0 Å². The van der Waals surface area contributed by atoms with Crippen LogP contribution in [0.1, 0.15) is 15.9 Å². The Kier molecular flexibility index (Phi) is 5.18. The van der Waals surface area contributed by atoms with Gasteiger partial charge in [0, 0.05) is 5.56 Å². The van der Waals surface area contributed by atoms with Crippen LogP contribution in [-0.4, -0.2) is 19.1 Å². The van der Waals surface area contributed by atoms with E-state index in [1.165, 1.54) is 0 Å².